The van der Waals surface area contributed by atoms with E-state index in [4.69, 9.17) is 4.98 Å². The van der Waals surface area contributed by atoms with Crippen LogP contribution in [0.25, 0.3) is 53.3 Å². The van der Waals surface area contributed by atoms with Crippen LogP contribution in [0.2, 0.25) is 0 Å². The van der Waals surface area contributed by atoms with Crippen LogP contribution >= 0.6 is 11.3 Å². The van der Waals surface area contributed by atoms with Gasteiger partial charge in [0.05, 0.1) is 5.76 Å². The van der Waals surface area contributed by atoms with Gasteiger partial charge in [-0.25, -0.2) is 0 Å². The topological polar surface area (TPSA) is 50.2 Å². The van der Waals surface area contributed by atoms with E-state index in [2.05, 4.69) is 128 Å². The Hall–Kier alpha value is -3.63. The predicted molar refractivity (Wildman–Crippen MR) is 240 cm³/mol. The van der Waals surface area contributed by atoms with Crippen molar-refractivity contribution in [1.29, 1.82) is 0 Å². The standard InChI is InChI=1S/C38H38NS.C13H24O2.Ir/c1-23-19-25(22-37(3,4)5)13-14-28(23)29-15-16-31-32-17-18-39-34(36(32)40-35(31)24(29)2)27-20-26-11-9-10-12-30(26)33(21-27)38(6,7)8;1-5-10(6-2)12(14)9-13(15)11(7-3)8-4;/h9-19,21H,22H2,1-8H3;9-11,14H,5-8H2,1-4H3;/q-1;;/b;12-9-;. The van der Waals surface area contributed by atoms with Crippen molar-refractivity contribution in [3.63, 3.8) is 0 Å². The molecule has 56 heavy (non-hydrogen) atoms. The number of ketones is 1. The monoisotopic (exact) mass is 945 g/mol. The van der Waals surface area contributed by atoms with Gasteiger partial charge in [-0.2, -0.15) is 0 Å². The number of allylic oxidation sites excluding steroid dienone is 2. The van der Waals surface area contributed by atoms with Gasteiger partial charge in [-0.3, -0.25) is 9.78 Å². The number of benzene rings is 4. The van der Waals surface area contributed by atoms with Crippen molar-refractivity contribution in [1.82, 2.24) is 4.98 Å². The van der Waals surface area contributed by atoms with Crippen molar-refractivity contribution in [3.05, 3.63) is 113 Å². The van der Waals surface area contributed by atoms with Crippen molar-refractivity contribution in [3.8, 4) is 22.4 Å². The number of hydrogen-bond acceptors (Lipinski definition) is 4. The molecule has 2 heterocycles. The quantitative estimate of drug-likeness (QED) is 0.0846. The maximum absolute atomic E-state index is 11.7. The van der Waals surface area contributed by atoms with Crippen molar-refractivity contribution >= 4 is 48.1 Å². The molecule has 0 fully saturated rings. The van der Waals surface area contributed by atoms with Crippen LogP contribution in [0.15, 0.2) is 84.8 Å². The minimum absolute atomic E-state index is 0. The van der Waals surface area contributed by atoms with E-state index in [1.54, 1.807) is 0 Å². The minimum atomic E-state index is 0. The fourth-order valence-corrected chi connectivity index (χ4v) is 9.20. The van der Waals surface area contributed by atoms with E-state index < -0.39 is 0 Å². The Kier molecular flexibility index (Phi) is 15.1. The third kappa shape index (κ3) is 10.1. The Labute approximate surface area is 354 Å². The average molecular weight is 945 g/mol. The maximum atomic E-state index is 11.7. The van der Waals surface area contributed by atoms with Crippen LogP contribution < -0.4 is 0 Å². The number of carbonyl (C=O) groups is 1. The number of aliphatic hydroxyl groups is 1. The molecule has 0 bridgehead atoms. The molecular formula is C51H62IrNO2S-. The molecule has 0 aliphatic heterocycles. The molecule has 1 N–H and O–H groups in total. The fraction of sp³-hybridized carbons (Fsp3) is 0.412. The second-order valence-corrected chi connectivity index (χ2v) is 18.6. The summed E-state index contributed by atoms with van der Waals surface area (Å²) in [5, 5.41) is 14.8. The zero-order valence-electron chi connectivity index (χ0n) is 35.7. The van der Waals surface area contributed by atoms with Crippen LogP contribution in [0.3, 0.4) is 0 Å². The van der Waals surface area contributed by atoms with Crippen LogP contribution in [0, 0.1) is 37.2 Å². The zero-order chi connectivity index (χ0) is 40.2. The first-order valence-corrected chi connectivity index (χ1v) is 21.1. The number of aryl methyl sites for hydroxylation is 2. The molecule has 6 aromatic rings. The maximum Gasteiger partial charge on any atom is 0.162 e. The molecule has 0 aliphatic carbocycles. The largest absolute Gasteiger partial charge is 0.512 e. The van der Waals surface area contributed by atoms with Crippen LogP contribution in [0.1, 0.15) is 117 Å². The number of nitrogens with zero attached hydrogens (tertiary/aromatic N) is 1. The van der Waals surface area contributed by atoms with Crippen LogP contribution in [0.4, 0.5) is 0 Å². The van der Waals surface area contributed by atoms with Gasteiger partial charge in [0, 0.05) is 64.7 Å². The molecule has 3 nitrogen and oxygen atoms in total. The minimum Gasteiger partial charge on any atom is -0.512 e. The normalized spacial score (nSPS) is 12.4. The van der Waals surface area contributed by atoms with Crippen molar-refractivity contribution in [2.45, 2.75) is 121 Å². The molecule has 0 amide bonds. The molecular weight excluding hydrogens is 883 g/mol. The summed E-state index contributed by atoms with van der Waals surface area (Å²) in [7, 11) is 0. The molecule has 2 aromatic heterocycles. The Morgan fingerprint density at radius 3 is 2.02 bits per heavy atom. The molecule has 4 aromatic carbocycles. The molecule has 5 heteroatoms. The van der Waals surface area contributed by atoms with Gasteiger partial charge >= 0.3 is 0 Å². The van der Waals surface area contributed by atoms with Gasteiger partial charge in [0.25, 0.3) is 0 Å². The summed E-state index contributed by atoms with van der Waals surface area (Å²) in [6.45, 7) is 26.4. The average Bonchev–Trinajstić information content (AvgIpc) is 3.52. The van der Waals surface area contributed by atoms with Gasteiger partial charge < -0.3 is 5.11 Å². The predicted octanol–water partition coefficient (Wildman–Crippen LogP) is 15.1. The summed E-state index contributed by atoms with van der Waals surface area (Å²) in [5.41, 5.74) is 10.5. The first-order chi connectivity index (χ1) is 26.0. The number of hydrogen-bond donors (Lipinski definition) is 1. The van der Waals surface area contributed by atoms with Gasteiger partial charge in [-0.15, -0.1) is 40.5 Å². The van der Waals surface area contributed by atoms with E-state index in [9.17, 15) is 9.90 Å². The van der Waals surface area contributed by atoms with E-state index in [1.165, 1.54) is 65.0 Å². The number of thiophene rings is 1. The summed E-state index contributed by atoms with van der Waals surface area (Å²) in [5.74, 6) is 0.547. The van der Waals surface area contributed by atoms with Gasteiger partial charge in [0.2, 0.25) is 0 Å². The second-order valence-electron chi connectivity index (χ2n) is 17.5. The van der Waals surface area contributed by atoms with Gasteiger partial charge in [-0.1, -0.05) is 129 Å². The molecule has 0 saturated heterocycles. The summed E-state index contributed by atoms with van der Waals surface area (Å²) >= 11 is 1.87. The van der Waals surface area contributed by atoms with E-state index >= 15 is 0 Å². The molecule has 0 aliphatic rings. The third-order valence-corrected chi connectivity index (χ3v) is 12.4. The Balaban J connectivity index is 0.000000372. The van der Waals surface area contributed by atoms with E-state index in [0.29, 0.717) is 0 Å². The summed E-state index contributed by atoms with van der Waals surface area (Å²) in [4.78, 5) is 16.7. The van der Waals surface area contributed by atoms with Gasteiger partial charge in [0.1, 0.15) is 0 Å². The number of carbonyl (C=O) groups excluding carboxylic acids is 1. The number of pyridine rings is 1. The molecule has 0 saturated carbocycles. The molecule has 0 atom stereocenters. The van der Waals surface area contributed by atoms with Crippen LogP contribution in [0.5, 0.6) is 0 Å². The molecule has 6 rings (SSSR count). The first-order valence-electron chi connectivity index (χ1n) is 20.3. The molecule has 299 valence electrons. The summed E-state index contributed by atoms with van der Waals surface area (Å²) in [6.07, 6.45) is 7.95. The van der Waals surface area contributed by atoms with E-state index in [1.807, 2.05) is 45.2 Å². The van der Waals surface area contributed by atoms with Crippen molar-refractivity contribution in [2.75, 3.05) is 0 Å². The number of fused-ring (bicyclic) bond motifs is 4. The van der Waals surface area contributed by atoms with E-state index in [0.717, 1.165) is 48.7 Å². The van der Waals surface area contributed by atoms with E-state index in [-0.39, 0.29) is 54.3 Å². The first kappa shape index (κ1) is 45.1. The summed E-state index contributed by atoms with van der Waals surface area (Å²) < 4.78 is 2.58. The van der Waals surface area contributed by atoms with Gasteiger partial charge in [-0.05, 0) is 96.1 Å². The molecule has 0 spiro atoms. The molecule has 1 radical (unpaired) electrons. The second kappa shape index (κ2) is 18.8. The van der Waals surface area contributed by atoms with Gasteiger partial charge in [0.15, 0.2) is 5.78 Å². The number of aliphatic hydroxyl groups excluding tert-OH is 1. The molecule has 0 unspecified atom stereocenters. The summed E-state index contributed by atoms with van der Waals surface area (Å²) in [6, 6.07) is 28.5. The number of aromatic nitrogens is 1. The zero-order valence-corrected chi connectivity index (χ0v) is 39.0. The Bertz CT molecular complexity index is 2330. The smallest absolute Gasteiger partial charge is 0.162 e. The fourth-order valence-electron chi connectivity index (χ4n) is 7.89. The number of rotatable bonds is 10. The SMILES string of the molecule is CCC(CC)C(=O)/C=C(\O)C(CC)CC.Cc1cc(CC(C)(C)C)ccc1-c1ccc2c(sc3c(-c4[c-]c5ccccc5c(C(C)(C)C)c4)nccc32)c1C.[Ir]. The van der Waals surface area contributed by atoms with Crippen LogP contribution in [-0.4, -0.2) is 15.9 Å². The van der Waals surface area contributed by atoms with Crippen LogP contribution in [-0.2, 0) is 36.7 Å². The Morgan fingerprint density at radius 2 is 1.41 bits per heavy atom. The Morgan fingerprint density at radius 1 is 0.786 bits per heavy atom. The third-order valence-electron chi connectivity index (χ3n) is 11.0. The van der Waals surface area contributed by atoms with Crippen molar-refractivity contribution in [2.24, 2.45) is 17.3 Å². The van der Waals surface area contributed by atoms with Crippen molar-refractivity contribution < 1.29 is 30.0 Å².